The van der Waals surface area contributed by atoms with Crippen LogP contribution in [0.4, 0.5) is 24.0 Å². The maximum atomic E-state index is 17.1. The maximum absolute atomic E-state index is 17.1. The van der Waals surface area contributed by atoms with E-state index in [9.17, 15) is 14.0 Å². The van der Waals surface area contributed by atoms with Gasteiger partial charge in [-0.3, -0.25) is 0 Å². The number of likely N-dealkylation sites (tertiary alicyclic amines) is 1. The number of nitrogens with one attached hydrogen (secondary N) is 1. The fourth-order valence-electron chi connectivity index (χ4n) is 7.03. The smallest absolute Gasteiger partial charge is 0.319 e. The molecule has 4 aromatic rings. The molecule has 0 unspecified atom stereocenters. The Bertz CT molecular complexity index is 2030. The number of piperazine rings is 1. The molecule has 45 heavy (non-hydrogen) atoms. The summed E-state index contributed by atoms with van der Waals surface area (Å²) in [6.07, 6.45) is -1.44. The minimum absolute atomic E-state index is 0.0161. The molecule has 2 bridgehead atoms. The lowest BCUT2D eigenvalue weighted by atomic mass is 9.73. The fourth-order valence-corrected chi connectivity index (χ4v) is 8.27. The average molecular weight is 661 g/mol. The summed E-state index contributed by atoms with van der Waals surface area (Å²) in [6.45, 7) is -4.10. The second kappa shape index (κ2) is 11.5. The lowest BCUT2D eigenvalue weighted by Crippen LogP contribution is -2.51. The van der Waals surface area contributed by atoms with Crippen LogP contribution in [0.5, 0.6) is 6.01 Å². The van der Waals surface area contributed by atoms with Gasteiger partial charge in [0.1, 0.15) is 22.4 Å². The van der Waals surface area contributed by atoms with E-state index in [4.69, 9.17) is 28.9 Å². The fraction of sp³-hybridized carbons (Fsp3) is 0.469. The molecule has 3 saturated heterocycles. The summed E-state index contributed by atoms with van der Waals surface area (Å²) in [4.78, 5) is 11.8. The van der Waals surface area contributed by atoms with Gasteiger partial charge in [0.05, 0.1) is 19.9 Å². The molecule has 0 amide bonds. The quantitative estimate of drug-likeness (QED) is 0.248. The molecule has 0 saturated carbocycles. The summed E-state index contributed by atoms with van der Waals surface area (Å²) >= 11 is 8.02. The third-order valence-corrected chi connectivity index (χ3v) is 10.5. The number of nitrogens with two attached hydrogens (primary N) is 1. The first-order valence-corrected chi connectivity index (χ1v) is 15.9. The van der Waals surface area contributed by atoms with Gasteiger partial charge in [0, 0.05) is 68.2 Å². The van der Waals surface area contributed by atoms with E-state index in [0.717, 1.165) is 17.7 Å². The molecule has 3 aliphatic heterocycles. The summed E-state index contributed by atoms with van der Waals surface area (Å²) in [6, 6.07) is 8.32. The molecule has 8 nitrogen and oxygen atoms in total. The molecule has 2 aromatic carbocycles. The third-order valence-electron chi connectivity index (χ3n) is 9.21. The molecule has 5 heterocycles. The Morgan fingerprint density at radius 3 is 2.80 bits per heavy atom. The number of rotatable bonds is 6. The zero-order valence-electron chi connectivity index (χ0n) is 29.2. The highest BCUT2D eigenvalue weighted by Gasteiger charge is 2.44. The number of alkyl halides is 2. The predicted octanol–water partition coefficient (Wildman–Crippen LogP) is 6.30. The number of hydrogen-bond donors (Lipinski definition) is 2. The Morgan fingerprint density at radius 2 is 2.09 bits per heavy atom. The van der Waals surface area contributed by atoms with Gasteiger partial charge in [0.2, 0.25) is 6.43 Å². The van der Waals surface area contributed by atoms with Crippen molar-refractivity contribution in [2.75, 3.05) is 50.3 Å². The van der Waals surface area contributed by atoms with Crippen LogP contribution in [0.3, 0.4) is 0 Å². The Balaban J connectivity index is 1.40. The van der Waals surface area contributed by atoms with E-state index >= 15 is 4.39 Å². The first-order valence-electron chi connectivity index (χ1n) is 17.2. The normalized spacial score (nSPS) is 27.6. The zero-order chi connectivity index (χ0) is 35.9. The number of anilines is 2. The minimum Gasteiger partial charge on any atom is -0.463 e. The molecule has 3 fully saturated rings. The number of nitrogen functional groups attached to an aromatic ring is 1. The van der Waals surface area contributed by atoms with Crippen molar-refractivity contribution in [2.45, 2.75) is 44.7 Å². The summed E-state index contributed by atoms with van der Waals surface area (Å²) in [5.74, 6) is -2.22. The number of aromatic nitrogens is 2. The van der Waals surface area contributed by atoms with Crippen molar-refractivity contribution >= 4 is 54.7 Å². The predicted molar refractivity (Wildman–Crippen MR) is 172 cm³/mol. The highest BCUT2D eigenvalue weighted by Crippen LogP contribution is 2.45. The van der Waals surface area contributed by atoms with Crippen LogP contribution in [0.1, 0.15) is 38.6 Å². The van der Waals surface area contributed by atoms with Gasteiger partial charge in [0.15, 0.2) is 5.82 Å². The molecule has 0 aliphatic carbocycles. The van der Waals surface area contributed by atoms with Crippen LogP contribution in [0.15, 0.2) is 24.3 Å². The van der Waals surface area contributed by atoms with Crippen LogP contribution in [-0.4, -0.2) is 73.1 Å². The van der Waals surface area contributed by atoms with Gasteiger partial charge < -0.3 is 25.6 Å². The minimum atomic E-state index is -2.98. The first-order chi connectivity index (χ1) is 23.5. The number of nitriles is 1. The van der Waals surface area contributed by atoms with Gasteiger partial charge in [-0.15, -0.1) is 11.3 Å². The van der Waals surface area contributed by atoms with Crippen molar-refractivity contribution in [1.29, 1.82) is 5.26 Å². The number of hydrogen-bond acceptors (Lipinski definition) is 9. The number of benzene rings is 2. The lowest BCUT2D eigenvalue weighted by Gasteiger charge is -2.44. The first kappa shape index (κ1) is 24.8. The number of nitrogens with zero attached hydrogens (tertiary/aromatic N) is 5. The molecule has 3 N–H and O–H groups in total. The van der Waals surface area contributed by atoms with Crippen molar-refractivity contribution in [3.8, 4) is 23.2 Å². The zero-order valence-corrected chi connectivity index (χ0v) is 25.8. The van der Waals surface area contributed by atoms with Gasteiger partial charge in [-0.25, -0.2) is 13.2 Å². The Morgan fingerprint density at radius 1 is 1.31 bits per heavy atom. The van der Waals surface area contributed by atoms with E-state index in [2.05, 4.69) is 21.4 Å². The van der Waals surface area contributed by atoms with Crippen LogP contribution in [0, 0.1) is 28.5 Å². The SMILES string of the molecule is [2H]C([2H])([2H])N1CC[C@H](C(F)F)[C@](C)(C([2H])([2H])Oc2nc(N3C[C@H]4CC[C@@H](C3)N4)c3cc(Cl)c(-c4cccc5sc(N)c(C#N)c45)c(F)c3n2)C1. The molecule has 7 rings (SSSR count). The number of halogens is 4. The van der Waals surface area contributed by atoms with Crippen LogP contribution < -0.4 is 20.7 Å². The van der Waals surface area contributed by atoms with Gasteiger partial charge in [-0.1, -0.05) is 30.7 Å². The Hall–Kier alpha value is -3.37. The summed E-state index contributed by atoms with van der Waals surface area (Å²) in [5.41, 5.74) is 4.24. The maximum Gasteiger partial charge on any atom is 0.319 e. The Labute approximate surface area is 274 Å². The van der Waals surface area contributed by atoms with Gasteiger partial charge in [0.25, 0.3) is 0 Å². The highest BCUT2D eigenvalue weighted by atomic mass is 35.5. The second-order valence-electron chi connectivity index (χ2n) is 12.2. The van der Waals surface area contributed by atoms with Gasteiger partial charge >= 0.3 is 6.01 Å². The van der Waals surface area contributed by atoms with E-state index in [1.54, 1.807) is 18.2 Å². The van der Waals surface area contributed by atoms with Crippen molar-refractivity contribution in [2.24, 2.45) is 11.3 Å². The van der Waals surface area contributed by atoms with E-state index in [1.165, 1.54) is 24.3 Å². The Kier molecular flexibility index (Phi) is 6.32. The summed E-state index contributed by atoms with van der Waals surface area (Å²) < 4.78 is 94.1. The van der Waals surface area contributed by atoms with Crippen LogP contribution in [-0.2, 0) is 0 Å². The molecule has 2 aromatic heterocycles. The van der Waals surface area contributed by atoms with Crippen molar-refractivity contribution in [3.63, 3.8) is 0 Å². The van der Waals surface area contributed by atoms with Crippen molar-refractivity contribution < 1.29 is 24.8 Å². The molecule has 0 radical (unpaired) electrons. The van der Waals surface area contributed by atoms with Crippen LogP contribution >= 0.6 is 22.9 Å². The van der Waals surface area contributed by atoms with Crippen molar-refractivity contribution in [1.82, 2.24) is 20.2 Å². The number of piperidine rings is 1. The molecular formula is C32H33ClF3N7OS. The van der Waals surface area contributed by atoms with E-state index < -0.39 is 49.7 Å². The highest BCUT2D eigenvalue weighted by molar-refractivity contribution is 7.23. The second-order valence-corrected chi connectivity index (χ2v) is 13.7. The summed E-state index contributed by atoms with van der Waals surface area (Å²) in [5, 5.41) is 14.3. The van der Waals surface area contributed by atoms with E-state index in [0.29, 0.717) is 28.7 Å². The van der Waals surface area contributed by atoms with Crippen LogP contribution in [0.25, 0.3) is 32.1 Å². The molecule has 13 heteroatoms. The molecule has 0 spiro atoms. The largest absolute Gasteiger partial charge is 0.463 e. The lowest BCUT2D eigenvalue weighted by molar-refractivity contribution is -0.0679. The number of fused-ring (bicyclic) bond motifs is 4. The third kappa shape index (κ3) is 5.23. The molecular weight excluding hydrogens is 623 g/mol. The number of ether oxygens (including phenoxy) is 1. The van der Waals surface area contributed by atoms with Crippen molar-refractivity contribution in [3.05, 3.63) is 40.7 Å². The summed E-state index contributed by atoms with van der Waals surface area (Å²) in [7, 11) is 0. The van der Waals surface area contributed by atoms with E-state index in [1.807, 2.05) is 4.90 Å². The van der Waals surface area contributed by atoms with Gasteiger partial charge in [-0.05, 0) is 50.5 Å². The molecule has 3 aliphatic rings. The topological polar surface area (TPSA) is 103 Å². The monoisotopic (exact) mass is 660 g/mol. The van der Waals surface area contributed by atoms with Gasteiger partial charge in [-0.2, -0.15) is 15.2 Å². The van der Waals surface area contributed by atoms with Crippen LogP contribution in [0.2, 0.25) is 5.02 Å². The molecule has 236 valence electrons. The number of thiophene rings is 1. The average Bonchev–Trinajstić information content (AvgIpc) is 3.56. The standard InChI is InChI=1S/C32H33ClF3N7OS/c1-32(14-42(2)9-8-21(32)28(35)36)15-44-31-40-27-19(30(41-31)43-12-16-6-7-17(13-43)39-16)10-22(33)25(26(27)34)18-4-3-5-23-24(18)20(11-37)29(38)45-23/h3-5,10,16-17,21,28,39H,6-9,12-15,38H2,1-2H3/t16-,17+,21-,32+/m1/s1/i2D3,15D2. The van der Waals surface area contributed by atoms with E-state index in [-0.39, 0.29) is 62.9 Å². The molecule has 4 atom stereocenters.